The van der Waals surface area contributed by atoms with Gasteiger partial charge < -0.3 is 10.3 Å². The lowest BCUT2D eigenvalue weighted by atomic mass is 9.97. The van der Waals surface area contributed by atoms with E-state index in [0.29, 0.717) is 12.2 Å². The Balaban J connectivity index is 1.54. The Hall–Kier alpha value is -3.04. The first kappa shape index (κ1) is 21.8. The van der Waals surface area contributed by atoms with Crippen LogP contribution < -0.4 is 5.73 Å². The molecule has 3 heterocycles. The van der Waals surface area contributed by atoms with Crippen LogP contribution >= 0.6 is 23.1 Å². The first-order valence-corrected chi connectivity index (χ1v) is 12.6. The normalized spacial score (nSPS) is 13.6. The molecule has 0 bridgehead atoms. The molecule has 1 aromatic carbocycles. The van der Waals surface area contributed by atoms with Gasteiger partial charge in [-0.15, -0.1) is 21.5 Å². The number of nitrogens with zero attached hydrogens (tertiary/aromatic N) is 5. The van der Waals surface area contributed by atoms with E-state index in [4.69, 9.17) is 15.7 Å². The number of amides is 1. The van der Waals surface area contributed by atoms with E-state index in [1.807, 2.05) is 42.0 Å². The number of fused-ring (bicyclic) bond motifs is 3. The van der Waals surface area contributed by atoms with Crippen LogP contribution in [0.1, 0.15) is 46.9 Å². The van der Waals surface area contributed by atoms with E-state index in [-0.39, 0.29) is 12.3 Å². The van der Waals surface area contributed by atoms with Gasteiger partial charge in [-0.25, -0.2) is 9.97 Å². The van der Waals surface area contributed by atoms with Gasteiger partial charge >= 0.3 is 0 Å². The molecule has 0 atom stereocenters. The molecule has 5 rings (SSSR count). The number of carbonyl (C=O) groups excluding carboxylic acids is 1. The number of benzene rings is 1. The monoisotopic (exact) mass is 476 g/mol. The molecule has 0 unspecified atom stereocenters. The van der Waals surface area contributed by atoms with Crippen LogP contribution in [0.15, 0.2) is 40.5 Å². The van der Waals surface area contributed by atoms with Crippen molar-refractivity contribution >= 4 is 51.4 Å². The number of primary amides is 1. The maximum atomic E-state index is 11.2. The minimum absolute atomic E-state index is 0.251. The van der Waals surface area contributed by atoms with Crippen LogP contribution in [0.4, 0.5) is 0 Å². The number of thiophene rings is 1. The van der Waals surface area contributed by atoms with E-state index in [0.717, 1.165) is 44.6 Å². The first-order chi connectivity index (χ1) is 16.1. The third-order valence-corrected chi connectivity index (χ3v) is 7.94. The highest BCUT2D eigenvalue weighted by Gasteiger charge is 2.23. The van der Waals surface area contributed by atoms with Crippen LogP contribution in [0.3, 0.4) is 0 Å². The third kappa shape index (κ3) is 4.69. The van der Waals surface area contributed by atoms with E-state index < -0.39 is 0 Å². The van der Waals surface area contributed by atoms with Crippen molar-refractivity contribution in [2.24, 2.45) is 12.8 Å². The Morgan fingerprint density at radius 2 is 1.97 bits per heavy atom. The Morgan fingerprint density at radius 1 is 1.15 bits per heavy atom. The van der Waals surface area contributed by atoms with Crippen LogP contribution in [0.5, 0.6) is 0 Å². The van der Waals surface area contributed by atoms with Gasteiger partial charge in [0.15, 0.2) is 11.0 Å². The topological polar surface area (TPSA) is 99.6 Å². The molecule has 7 nitrogen and oxygen atoms in total. The quantitative estimate of drug-likeness (QED) is 0.396. The van der Waals surface area contributed by atoms with Gasteiger partial charge in [-0.05, 0) is 54.6 Å². The summed E-state index contributed by atoms with van der Waals surface area (Å²) in [6.45, 7) is 0. The Bertz CT molecular complexity index is 1340. The molecule has 0 spiro atoms. The molecule has 4 aromatic rings. The van der Waals surface area contributed by atoms with E-state index >= 15 is 0 Å². The molecule has 33 heavy (non-hydrogen) atoms. The maximum Gasteiger partial charge on any atom is 0.217 e. The number of rotatable bonds is 7. The molecule has 0 saturated heterocycles. The molecule has 0 aliphatic heterocycles. The van der Waals surface area contributed by atoms with Gasteiger partial charge in [0.1, 0.15) is 15.7 Å². The number of hydrogen-bond acceptors (Lipinski definition) is 7. The lowest BCUT2D eigenvalue weighted by molar-refractivity contribution is -0.118. The summed E-state index contributed by atoms with van der Waals surface area (Å²) >= 11 is 3.30. The van der Waals surface area contributed by atoms with E-state index in [1.54, 1.807) is 11.3 Å². The molecular formula is C24H24N6OS2. The second kappa shape index (κ2) is 9.44. The van der Waals surface area contributed by atoms with Gasteiger partial charge in [-0.2, -0.15) is 0 Å². The minimum Gasteiger partial charge on any atom is -0.370 e. The van der Waals surface area contributed by atoms with Crippen LogP contribution in [0, 0.1) is 0 Å². The van der Waals surface area contributed by atoms with E-state index in [1.165, 1.54) is 35.0 Å². The van der Waals surface area contributed by atoms with Crippen molar-refractivity contribution in [1.82, 2.24) is 24.7 Å². The number of hydrogen-bond donors (Lipinski definition) is 1. The highest BCUT2D eigenvalue weighted by atomic mass is 32.2. The van der Waals surface area contributed by atoms with Gasteiger partial charge in [0.2, 0.25) is 5.91 Å². The van der Waals surface area contributed by atoms with Crippen molar-refractivity contribution in [2.75, 3.05) is 0 Å². The Kier molecular flexibility index (Phi) is 6.24. The number of aryl methyl sites for hydroxylation is 3. The van der Waals surface area contributed by atoms with Gasteiger partial charge in [0, 0.05) is 30.2 Å². The third-order valence-electron chi connectivity index (χ3n) is 5.73. The average molecular weight is 477 g/mol. The van der Waals surface area contributed by atoms with Crippen LogP contribution in [-0.2, 0) is 31.1 Å². The van der Waals surface area contributed by atoms with Crippen LogP contribution in [-0.4, -0.2) is 30.6 Å². The van der Waals surface area contributed by atoms with E-state index in [9.17, 15) is 4.79 Å². The number of aromatic nitrogens is 5. The average Bonchev–Trinajstić information content (AvgIpc) is 3.37. The molecule has 1 aliphatic carbocycles. The molecule has 0 saturated carbocycles. The smallest absolute Gasteiger partial charge is 0.217 e. The van der Waals surface area contributed by atoms with Gasteiger partial charge in [-0.3, -0.25) is 4.79 Å². The summed E-state index contributed by atoms with van der Waals surface area (Å²) in [6, 6.07) is 10.2. The SMILES string of the molecule is Cn1c(CCC(N)=O)nnc1Sc1nc(/C=C/c2ccccc2)nc2sc3c(c12)CCCC3. The van der Waals surface area contributed by atoms with E-state index in [2.05, 4.69) is 22.3 Å². The van der Waals surface area contributed by atoms with Crippen molar-refractivity contribution in [1.29, 1.82) is 0 Å². The van der Waals surface area contributed by atoms with Crippen molar-refractivity contribution in [3.05, 3.63) is 58.0 Å². The number of nitrogens with two attached hydrogens (primary N) is 1. The summed E-state index contributed by atoms with van der Waals surface area (Å²) in [6.07, 6.45) is 9.31. The highest BCUT2D eigenvalue weighted by Crippen LogP contribution is 2.41. The largest absolute Gasteiger partial charge is 0.370 e. The second-order valence-electron chi connectivity index (χ2n) is 8.05. The Labute approximate surface area is 200 Å². The Morgan fingerprint density at radius 3 is 2.79 bits per heavy atom. The summed E-state index contributed by atoms with van der Waals surface area (Å²) in [5.41, 5.74) is 7.79. The van der Waals surface area contributed by atoms with Gasteiger partial charge in [0.05, 0.1) is 0 Å². The molecule has 0 radical (unpaired) electrons. The molecule has 0 fully saturated rings. The van der Waals surface area contributed by atoms with Gasteiger partial charge in [-0.1, -0.05) is 36.4 Å². The molecule has 1 amide bonds. The van der Waals surface area contributed by atoms with Crippen LogP contribution in [0.2, 0.25) is 0 Å². The molecule has 168 valence electrons. The standard InChI is InChI=1S/C24H24N6OS2/c1-30-20(14-12-18(25)31)28-29-24(30)33-23-21-16-9-5-6-10-17(16)32-22(21)26-19(27-23)13-11-15-7-3-2-4-8-15/h2-4,7-8,11,13H,5-6,9-10,12,14H2,1H3,(H2,25,31)/b13-11+. The predicted octanol–water partition coefficient (Wildman–Crippen LogP) is 4.44. The first-order valence-electron chi connectivity index (χ1n) is 11.0. The van der Waals surface area contributed by atoms with Crippen molar-refractivity contribution in [3.8, 4) is 0 Å². The van der Waals surface area contributed by atoms with Crippen molar-refractivity contribution in [3.63, 3.8) is 0 Å². The molecular weight excluding hydrogens is 452 g/mol. The predicted molar refractivity (Wildman–Crippen MR) is 132 cm³/mol. The zero-order valence-electron chi connectivity index (χ0n) is 18.3. The minimum atomic E-state index is -0.343. The summed E-state index contributed by atoms with van der Waals surface area (Å²) in [5, 5.41) is 11.4. The van der Waals surface area contributed by atoms with Gasteiger partial charge in [0.25, 0.3) is 0 Å². The summed E-state index contributed by atoms with van der Waals surface area (Å²) in [5.74, 6) is 1.08. The molecule has 9 heteroatoms. The van der Waals surface area contributed by atoms with Crippen LogP contribution in [0.25, 0.3) is 22.4 Å². The molecule has 1 aliphatic rings. The number of carbonyl (C=O) groups is 1. The fraction of sp³-hybridized carbons (Fsp3) is 0.292. The lowest BCUT2D eigenvalue weighted by Gasteiger charge is -2.11. The fourth-order valence-corrected chi connectivity index (χ4v) is 6.29. The second-order valence-corrected chi connectivity index (χ2v) is 10.1. The highest BCUT2D eigenvalue weighted by molar-refractivity contribution is 7.99. The zero-order chi connectivity index (χ0) is 22.8. The summed E-state index contributed by atoms with van der Waals surface area (Å²) in [7, 11) is 1.91. The maximum absolute atomic E-state index is 11.2. The van der Waals surface area contributed by atoms with Crippen molar-refractivity contribution < 1.29 is 4.79 Å². The summed E-state index contributed by atoms with van der Waals surface area (Å²) < 4.78 is 1.92. The molecule has 2 N–H and O–H groups in total. The fourth-order valence-electron chi connectivity index (χ4n) is 4.00. The van der Waals surface area contributed by atoms with Crippen molar-refractivity contribution in [2.45, 2.75) is 48.7 Å². The summed E-state index contributed by atoms with van der Waals surface area (Å²) in [4.78, 5) is 23.5. The molecule has 3 aromatic heterocycles. The zero-order valence-corrected chi connectivity index (χ0v) is 20.0. The lowest BCUT2D eigenvalue weighted by Crippen LogP contribution is -2.12.